The highest BCUT2D eigenvalue weighted by Gasteiger charge is 2.07. The number of nitrogens with one attached hydrogen (secondary N) is 1. The van der Waals surface area contributed by atoms with Crippen molar-refractivity contribution in [2.75, 3.05) is 0 Å². The summed E-state index contributed by atoms with van der Waals surface area (Å²) in [5, 5.41) is 5.86. The maximum Gasteiger partial charge on any atom is 0.160 e. The van der Waals surface area contributed by atoms with Gasteiger partial charge in [-0.3, -0.25) is 0 Å². The second-order valence-corrected chi connectivity index (χ2v) is 4.01. The van der Waals surface area contributed by atoms with Crippen molar-refractivity contribution < 1.29 is 0 Å². The molecule has 0 atom stereocenters. The Balaban J connectivity index is 2.22. The zero-order chi connectivity index (χ0) is 10.3. The molecule has 0 bridgehead atoms. The number of imidazole rings is 1. The summed E-state index contributed by atoms with van der Waals surface area (Å²) in [5.74, 6) is 0.782. The van der Waals surface area contributed by atoms with Gasteiger partial charge in [0.05, 0.1) is 11.0 Å². The van der Waals surface area contributed by atoms with Gasteiger partial charge in [-0.25, -0.2) is 4.98 Å². The van der Waals surface area contributed by atoms with Crippen molar-refractivity contribution in [2.45, 2.75) is 6.92 Å². The zero-order valence-electron chi connectivity index (χ0n) is 8.06. The van der Waals surface area contributed by atoms with Crippen LogP contribution in [0.4, 0.5) is 0 Å². The molecule has 0 aliphatic rings. The number of hydrogen-bond acceptors (Lipinski definition) is 4. The lowest BCUT2D eigenvalue weighted by molar-refractivity contribution is 1.13. The zero-order valence-corrected chi connectivity index (χ0v) is 8.88. The molecule has 0 saturated carbocycles. The molecule has 0 radical (unpaired) electrons. The van der Waals surface area contributed by atoms with Gasteiger partial charge >= 0.3 is 0 Å². The predicted octanol–water partition coefficient (Wildman–Crippen LogP) is 2.39. The molecule has 5 heteroatoms. The van der Waals surface area contributed by atoms with E-state index in [0.717, 1.165) is 22.6 Å². The Morgan fingerprint density at radius 1 is 1.33 bits per heavy atom. The second-order valence-electron chi connectivity index (χ2n) is 3.40. The Labute approximate surface area is 90.2 Å². The predicted molar refractivity (Wildman–Crippen MR) is 59.7 cm³/mol. The highest BCUT2D eigenvalue weighted by molar-refractivity contribution is 7.03. The third kappa shape index (κ3) is 1.41. The third-order valence-corrected chi connectivity index (χ3v) is 2.74. The number of aromatic amines is 1. The Morgan fingerprint density at radius 3 is 3.07 bits per heavy atom. The van der Waals surface area contributed by atoms with E-state index in [9.17, 15) is 0 Å². The summed E-state index contributed by atoms with van der Waals surface area (Å²) in [7, 11) is 0. The fourth-order valence-electron chi connectivity index (χ4n) is 1.51. The quantitative estimate of drug-likeness (QED) is 0.679. The summed E-state index contributed by atoms with van der Waals surface area (Å²) < 4.78 is 3.82. The van der Waals surface area contributed by atoms with Crippen molar-refractivity contribution in [3.05, 3.63) is 29.1 Å². The molecule has 0 fully saturated rings. The maximum atomic E-state index is 4.44. The molecule has 3 aromatic rings. The molecule has 0 aliphatic carbocycles. The number of benzene rings is 1. The van der Waals surface area contributed by atoms with Crippen LogP contribution in [0.3, 0.4) is 0 Å². The van der Waals surface area contributed by atoms with Gasteiger partial charge in [0.25, 0.3) is 0 Å². The van der Waals surface area contributed by atoms with E-state index in [2.05, 4.69) is 32.5 Å². The molecule has 0 aliphatic heterocycles. The minimum atomic E-state index is 0.782. The summed E-state index contributed by atoms with van der Waals surface area (Å²) in [6, 6.07) is 6.13. The Kier molecular flexibility index (Phi) is 1.78. The molecule has 1 aromatic carbocycles. The molecule has 15 heavy (non-hydrogen) atoms. The first-order valence-electron chi connectivity index (χ1n) is 4.57. The number of aromatic nitrogens is 4. The fourth-order valence-corrected chi connectivity index (χ4v) is 1.95. The number of rotatable bonds is 1. The lowest BCUT2D eigenvalue weighted by Crippen LogP contribution is -1.79. The van der Waals surface area contributed by atoms with Crippen LogP contribution < -0.4 is 0 Å². The highest BCUT2D eigenvalue weighted by Crippen LogP contribution is 2.19. The van der Waals surface area contributed by atoms with Crippen molar-refractivity contribution in [1.82, 2.24) is 19.6 Å². The highest BCUT2D eigenvalue weighted by atomic mass is 32.1. The average molecular weight is 216 g/mol. The summed E-state index contributed by atoms with van der Waals surface area (Å²) in [6.45, 7) is 2.06. The van der Waals surface area contributed by atoms with Crippen LogP contribution in [0.25, 0.3) is 22.6 Å². The SMILES string of the molecule is Cc1ccc2nc(-c3csnn3)[nH]c2c1. The van der Waals surface area contributed by atoms with E-state index >= 15 is 0 Å². The minimum Gasteiger partial charge on any atom is -0.337 e. The molecule has 0 saturated heterocycles. The number of nitrogens with zero attached hydrogens (tertiary/aromatic N) is 3. The van der Waals surface area contributed by atoms with Gasteiger partial charge in [0.2, 0.25) is 0 Å². The first-order chi connectivity index (χ1) is 7.33. The average Bonchev–Trinajstić information content (AvgIpc) is 2.84. The van der Waals surface area contributed by atoms with E-state index in [-0.39, 0.29) is 0 Å². The largest absolute Gasteiger partial charge is 0.337 e. The number of fused-ring (bicyclic) bond motifs is 1. The number of hydrogen-bond donors (Lipinski definition) is 1. The molecule has 0 amide bonds. The summed E-state index contributed by atoms with van der Waals surface area (Å²) >= 11 is 1.33. The molecule has 2 heterocycles. The van der Waals surface area contributed by atoms with Gasteiger partial charge in [-0.1, -0.05) is 10.6 Å². The van der Waals surface area contributed by atoms with E-state index in [1.807, 2.05) is 17.5 Å². The van der Waals surface area contributed by atoms with E-state index in [4.69, 9.17) is 0 Å². The van der Waals surface area contributed by atoms with Crippen LogP contribution in [0.2, 0.25) is 0 Å². The van der Waals surface area contributed by atoms with E-state index in [1.54, 1.807) is 0 Å². The van der Waals surface area contributed by atoms with Crippen LogP contribution in [-0.2, 0) is 0 Å². The molecule has 0 spiro atoms. The molecule has 2 aromatic heterocycles. The summed E-state index contributed by atoms with van der Waals surface area (Å²) in [6.07, 6.45) is 0. The van der Waals surface area contributed by atoms with Crippen LogP contribution in [0.15, 0.2) is 23.6 Å². The third-order valence-electron chi connectivity index (χ3n) is 2.24. The van der Waals surface area contributed by atoms with Crippen molar-refractivity contribution in [2.24, 2.45) is 0 Å². The van der Waals surface area contributed by atoms with Crippen molar-refractivity contribution in [1.29, 1.82) is 0 Å². The van der Waals surface area contributed by atoms with Gasteiger partial charge in [0, 0.05) is 5.38 Å². The van der Waals surface area contributed by atoms with Gasteiger partial charge in [0.15, 0.2) is 5.82 Å². The van der Waals surface area contributed by atoms with Crippen LogP contribution in [0.5, 0.6) is 0 Å². The van der Waals surface area contributed by atoms with Gasteiger partial charge in [-0.2, -0.15) is 0 Å². The Hall–Kier alpha value is -1.75. The first kappa shape index (κ1) is 8.55. The molecule has 1 N–H and O–H groups in total. The van der Waals surface area contributed by atoms with E-state index < -0.39 is 0 Å². The maximum absolute atomic E-state index is 4.44. The van der Waals surface area contributed by atoms with E-state index in [0.29, 0.717) is 0 Å². The van der Waals surface area contributed by atoms with Crippen LogP contribution in [0, 0.1) is 6.92 Å². The minimum absolute atomic E-state index is 0.782. The Morgan fingerprint density at radius 2 is 2.27 bits per heavy atom. The monoisotopic (exact) mass is 216 g/mol. The summed E-state index contributed by atoms with van der Waals surface area (Å²) in [4.78, 5) is 7.68. The van der Waals surface area contributed by atoms with Crippen molar-refractivity contribution >= 4 is 22.6 Å². The van der Waals surface area contributed by atoms with E-state index in [1.165, 1.54) is 17.1 Å². The lowest BCUT2D eigenvalue weighted by atomic mass is 10.2. The van der Waals surface area contributed by atoms with Gasteiger partial charge in [0.1, 0.15) is 5.69 Å². The normalized spacial score (nSPS) is 11.0. The topological polar surface area (TPSA) is 54.5 Å². The first-order valence-corrected chi connectivity index (χ1v) is 5.40. The molecule has 74 valence electrons. The lowest BCUT2D eigenvalue weighted by Gasteiger charge is -1.89. The van der Waals surface area contributed by atoms with Gasteiger partial charge in [-0.05, 0) is 36.2 Å². The van der Waals surface area contributed by atoms with Crippen molar-refractivity contribution in [3.8, 4) is 11.5 Å². The molecular weight excluding hydrogens is 208 g/mol. The van der Waals surface area contributed by atoms with Crippen molar-refractivity contribution in [3.63, 3.8) is 0 Å². The van der Waals surface area contributed by atoms with Crippen LogP contribution in [0.1, 0.15) is 5.56 Å². The fraction of sp³-hybridized carbons (Fsp3) is 0.100. The standard InChI is InChI=1S/C10H8N4S/c1-6-2-3-7-8(4-6)12-10(11-7)9-5-15-14-13-9/h2-5H,1H3,(H,11,12). The molecule has 0 unspecified atom stereocenters. The number of aryl methyl sites for hydroxylation is 1. The van der Waals surface area contributed by atoms with Crippen LogP contribution >= 0.6 is 11.5 Å². The number of H-pyrrole nitrogens is 1. The Bertz CT molecular complexity index is 597. The molecule has 4 nitrogen and oxygen atoms in total. The smallest absolute Gasteiger partial charge is 0.160 e. The van der Waals surface area contributed by atoms with Gasteiger partial charge < -0.3 is 4.98 Å². The van der Waals surface area contributed by atoms with Gasteiger partial charge in [-0.15, -0.1) is 5.10 Å². The summed E-state index contributed by atoms with van der Waals surface area (Å²) in [5.41, 5.74) is 4.02. The van der Waals surface area contributed by atoms with Crippen LogP contribution in [-0.4, -0.2) is 19.6 Å². The molecule has 3 rings (SSSR count). The molecular formula is C10H8N4S. The second kappa shape index (κ2) is 3.13.